The summed E-state index contributed by atoms with van der Waals surface area (Å²) in [6.45, 7) is 6.43. The van der Waals surface area contributed by atoms with Gasteiger partial charge in [0.15, 0.2) is 0 Å². The summed E-state index contributed by atoms with van der Waals surface area (Å²) in [5.74, 6) is 0.159. The van der Waals surface area contributed by atoms with Crippen molar-refractivity contribution in [2.45, 2.75) is 26.9 Å². The molecule has 0 spiro atoms. The Morgan fingerprint density at radius 1 is 1.18 bits per heavy atom. The molecule has 0 fully saturated rings. The zero-order valence-corrected chi connectivity index (χ0v) is 12.9. The normalized spacial score (nSPS) is 12.7. The van der Waals surface area contributed by atoms with Gasteiger partial charge in [-0.05, 0) is 50.6 Å². The first-order valence-corrected chi connectivity index (χ1v) is 7.37. The highest BCUT2D eigenvalue weighted by atomic mass is 16.5. The Morgan fingerprint density at radius 3 is 2.41 bits per heavy atom. The fourth-order valence-corrected chi connectivity index (χ4v) is 2.56. The second-order valence-corrected chi connectivity index (χ2v) is 5.30. The van der Waals surface area contributed by atoms with Crippen LogP contribution in [0.3, 0.4) is 0 Å². The number of phenols is 1. The summed E-state index contributed by atoms with van der Waals surface area (Å²) in [6, 6.07) is 11.4. The third kappa shape index (κ3) is 2.55. The predicted molar refractivity (Wildman–Crippen MR) is 85.3 cm³/mol. The first-order chi connectivity index (χ1) is 10.6. The van der Waals surface area contributed by atoms with E-state index in [2.05, 4.69) is 10.2 Å². The molecular weight excluding hydrogens is 278 g/mol. The molecule has 3 aromatic rings. The highest BCUT2D eigenvalue weighted by Crippen LogP contribution is 2.33. The molecule has 0 amide bonds. The van der Waals surface area contributed by atoms with Crippen molar-refractivity contribution in [3.8, 4) is 11.4 Å². The SMILES string of the molecule is CCOC(C)c1cc(C)cc(-n2nc3ccccc3n2)c1O. The molecule has 5 heteroatoms. The lowest BCUT2D eigenvalue weighted by Gasteiger charge is -2.16. The van der Waals surface area contributed by atoms with Crippen LogP contribution in [0.1, 0.15) is 31.1 Å². The molecule has 0 bridgehead atoms. The van der Waals surface area contributed by atoms with Gasteiger partial charge in [0.1, 0.15) is 22.5 Å². The summed E-state index contributed by atoms with van der Waals surface area (Å²) in [4.78, 5) is 1.48. The second kappa shape index (κ2) is 5.77. The van der Waals surface area contributed by atoms with Gasteiger partial charge in [-0.3, -0.25) is 0 Å². The Labute approximate surface area is 129 Å². The van der Waals surface area contributed by atoms with Gasteiger partial charge in [-0.25, -0.2) is 0 Å². The van der Waals surface area contributed by atoms with Gasteiger partial charge in [0.05, 0.1) is 6.10 Å². The summed E-state index contributed by atoms with van der Waals surface area (Å²) in [5.41, 5.74) is 3.93. The number of fused-ring (bicyclic) bond motifs is 1. The highest BCUT2D eigenvalue weighted by Gasteiger charge is 2.17. The van der Waals surface area contributed by atoms with E-state index in [0.29, 0.717) is 12.3 Å². The van der Waals surface area contributed by atoms with Gasteiger partial charge in [0.25, 0.3) is 0 Å². The minimum Gasteiger partial charge on any atom is -0.505 e. The number of aryl methyl sites for hydroxylation is 1. The zero-order valence-electron chi connectivity index (χ0n) is 12.9. The van der Waals surface area contributed by atoms with Gasteiger partial charge in [-0.1, -0.05) is 12.1 Å². The lowest BCUT2D eigenvalue weighted by atomic mass is 10.0. The van der Waals surface area contributed by atoms with Crippen LogP contribution in [0.2, 0.25) is 0 Å². The number of ether oxygens (including phenoxy) is 1. The molecule has 1 atom stereocenters. The summed E-state index contributed by atoms with van der Waals surface area (Å²) in [6.07, 6.45) is -0.186. The van der Waals surface area contributed by atoms with Gasteiger partial charge < -0.3 is 9.84 Å². The average Bonchev–Trinajstić information content (AvgIpc) is 2.93. The minimum absolute atomic E-state index is 0.159. The number of hydrogen-bond donors (Lipinski definition) is 1. The molecule has 0 aliphatic heterocycles. The van der Waals surface area contributed by atoms with Crippen molar-refractivity contribution in [2.75, 3.05) is 6.61 Å². The van der Waals surface area contributed by atoms with Crippen molar-refractivity contribution in [1.29, 1.82) is 0 Å². The van der Waals surface area contributed by atoms with E-state index in [-0.39, 0.29) is 11.9 Å². The Hall–Kier alpha value is -2.40. The maximum Gasteiger partial charge on any atom is 0.148 e. The smallest absolute Gasteiger partial charge is 0.148 e. The molecule has 1 N–H and O–H groups in total. The topological polar surface area (TPSA) is 60.2 Å². The van der Waals surface area contributed by atoms with Crippen molar-refractivity contribution >= 4 is 11.0 Å². The van der Waals surface area contributed by atoms with E-state index in [0.717, 1.165) is 22.2 Å². The number of hydrogen-bond acceptors (Lipinski definition) is 4. The Balaban J connectivity index is 2.13. The quantitative estimate of drug-likeness (QED) is 0.800. The Kier molecular flexibility index (Phi) is 3.81. The molecule has 0 radical (unpaired) electrons. The number of benzene rings is 2. The van der Waals surface area contributed by atoms with Crippen molar-refractivity contribution in [1.82, 2.24) is 15.0 Å². The van der Waals surface area contributed by atoms with Gasteiger partial charge >= 0.3 is 0 Å². The molecule has 2 aromatic carbocycles. The van der Waals surface area contributed by atoms with E-state index >= 15 is 0 Å². The van der Waals surface area contributed by atoms with E-state index in [1.165, 1.54) is 4.80 Å². The van der Waals surface area contributed by atoms with Crippen molar-refractivity contribution in [3.63, 3.8) is 0 Å². The van der Waals surface area contributed by atoms with Crippen LogP contribution in [0.15, 0.2) is 36.4 Å². The summed E-state index contributed by atoms with van der Waals surface area (Å²) >= 11 is 0. The Bertz CT molecular complexity index is 778. The minimum atomic E-state index is -0.186. The molecule has 1 unspecified atom stereocenters. The highest BCUT2D eigenvalue weighted by molar-refractivity contribution is 5.73. The number of nitrogens with zero attached hydrogens (tertiary/aromatic N) is 3. The zero-order chi connectivity index (χ0) is 15.7. The summed E-state index contributed by atoms with van der Waals surface area (Å²) < 4.78 is 5.60. The fraction of sp³-hybridized carbons (Fsp3) is 0.294. The van der Waals surface area contributed by atoms with Crippen LogP contribution in [0.25, 0.3) is 16.7 Å². The molecule has 0 saturated heterocycles. The van der Waals surface area contributed by atoms with Gasteiger partial charge in [-0.2, -0.15) is 0 Å². The monoisotopic (exact) mass is 297 g/mol. The van der Waals surface area contributed by atoms with Crippen LogP contribution in [-0.4, -0.2) is 26.7 Å². The molecule has 1 aromatic heterocycles. The van der Waals surface area contributed by atoms with Gasteiger partial charge in [-0.15, -0.1) is 15.0 Å². The number of aromatic hydroxyl groups is 1. The molecule has 0 aliphatic rings. The second-order valence-electron chi connectivity index (χ2n) is 5.30. The van der Waals surface area contributed by atoms with Crippen LogP contribution < -0.4 is 0 Å². The van der Waals surface area contributed by atoms with Gasteiger partial charge in [0.2, 0.25) is 0 Å². The van der Waals surface area contributed by atoms with Crippen molar-refractivity contribution < 1.29 is 9.84 Å². The van der Waals surface area contributed by atoms with Crippen LogP contribution in [-0.2, 0) is 4.74 Å². The molecule has 3 rings (SSSR count). The molecule has 5 nitrogen and oxygen atoms in total. The summed E-state index contributed by atoms with van der Waals surface area (Å²) in [7, 11) is 0. The van der Waals surface area contributed by atoms with E-state index in [1.54, 1.807) is 0 Å². The lowest BCUT2D eigenvalue weighted by molar-refractivity contribution is 0.0745. The molecule has 1 heterocycles. The van der Waals surface area contributed by atoms with Crippen molar-refractivity contribution in [3.05, 3.63) is 47.5 Å². The molecule has 0 saturated carbocycles. The maximum absolute atomic E-state index is 10.6. The van der Waals surface area contributed by atoms with E-state index in [9.17, 15) is 5.11 Å². The largest absolute Gasteiger partial charge is 0.505 e. The van der Waals surface area contributed by atoms with Crippen LogP contribution in [0, 0.1) is 6.92 Å². The predicted octanol–water partition coefficient (Wildman–Crippen LogP) is 3.53. The first-order valence-electron chi connectivity index (χ1n) is 7.37. The van der Waals surface area contributed by atoms with Crippen molar-refractivity contribution in [2.24, 2.45) is 0 Å². The van der Waals surface area contributed by atoms with E-state index in [1.807, 2.05) is 57.2 Å². The first kappa shape index (κ1) is 14.5. The molecular formula is C17H19N3O2. The summed E-state index contributed by atoms with van der Waals surface area (Å²) in [5, 5.41) is 19.5. The molecule has 114 valence electrons. The van der Waals surface area contributed by atoms with E-state index in [4.69, 9.17) is 4.74 Å². The van der Waals surface area contributed by atoms with E-state index < -0.39 is 0 Å². The fourth-order valence-electron chi connectivity index (χ4n) is 2.56. The number of rotatable bonds is 4. The third-order valence-corrected chi connectivity index (χ3v) is 3.62. The third-order valence-electron chi connectivity index (χ3n) is 3.62. The van der Waals surface area contributed by atoms with Crippen LogP contribution in [0.4, 0.5) is 0 Å². The van der Waals surface area contributed by atoms with Crippen LogP contribution >= 0.6 is 0 Å². The number of phenolic OH excluding ortho intramolecular Hbond substituents is 1. The molecule has 22 heavy (non-hydrogen) atoms. The lowest BCUT2D eigenvalue weighted by Crippen LogP contribution is -2.05. The average molecular weight is 297 g/mol. The van der Waals surface area contributed by atoms with Gasteiger partial charge in [0, 0.05) is 12.2 Å². The Morgan fingerprint density at radius 2 is 1.82 bits per heavy atom. The van der Waals surface area contributed by atoms with Crippen LogP contribution in [0.5, 0.6) is 5.75 Å². The standard InChI is InChI=1S/C17H19N3O2/c1-4-22-12(3)13-9-11(2)10-16(17(13)21)20-18-14-7-5-6-8-15(14)19-20/h5-10,12,21H,4H2,1-3H3. The number of aromatic nitrogens is 3. The maximum atomic E-state index is 10.6. The molecule has 0 aliphatic carbocycles.